The maximum atomic E-state index is 12.6. The number of urea groups is 1. The van der Waals surface area contributed by atoms with Crippen LogP contribution in [0.3, 0.4) is 0 Å². The number of anilines is 3. The number of carbonyl (C=O) groups excluding carboxylic acids is 1. The van der Waals surface area contributed by atoms with Crippen LogP contribution in [0.2, 0.25) is 0 Å². The minimum Gasteiger partial charge on any atom is -0.495 e. The molecule has 7 nitrogen and oxygen atoms in total. The Balaban J connectivity index is 1.68. The zero-order valence-electron chi connectivity index (χ0n) is 15.0. The molecule has 0 aliphatic carbocycles. The molecule has 0 saturated heterocycles. The van der Waals surface area contributed by atoms with Crippen LogP contribution in [0.5, 0.6) is 5.75 Å². The molecule has 28 heavy (non-hydrogen) atoms. The van der Waals surface area contributed by atoms with Crippen molar-refractivity contribution >= 4 is 33.1 Å². The third kappa shape index (κ3) is 4.80. The Morgan fingerprint density at radius 2 is 1.36 bits per heavy atom. The van der Waals surface area contributed by atoms with E-state index in [0.29, 0.717) is 22.8 Å². The van der Waals surface area contributed by atoms with Crippen molar-refractivity contribution in [2.45, 2.75) is 4.90 Å². The van der Waals surface area contributed by atoms with Gasteiger partial charge in [-0.1, -0.05) is 30.3 Å². The maximum absolute atomic E-state index is 12.6. The fourth-order valence-electron chi connectivity index (χ4n) is 2.46. The van der Waals surface area contributed by atoms with E-state index in [9.17, 15) is 13.2 Å². The van der Waals surface area contributed by atoms with Gasteiger partial charge in [0.15, 0.2) is 0 Å². The van der Waals surface area contributed by atoms with Crippen LogP contribution in [0.15, 0.2) is 83.8 Å². The molecular weight excluding hydrogens is 378 g/mol. The van der Waals surface area contributed by atoms with Crippen LogP contribution >= 0.6 is 0 Å². The highest BCUT2D eigenvalue weighted by Gasteiger charge is 2.16. The summed E-state index contributed by atoms with van der Waals surface area (Å²) >= 11 is 0. The molecule has 0 spiro atoms. The van der Waals surface area contributed by atoms with E-state index < -0.39 is 16.1 Å². The lowest BCUT2D eigenvalue weighted by Crippen LogP contribution is -2.19. The standard InChI is InChI=1S/C20H19N3O4S/c1-27-19-10-6-5-9-18(19)23-28(25,26)17-13-11-16(12-14-17)22-20(24)21-15-7-3-2-4-8-15/h2-14,23H,1H3,(H2,21,22,24). The number of amides is 2. The summed E-state index contributed by atoms with van der Waals surface area (Å²) in [7, 11) is -2.33. The fraction of sp³-hybridized carbons (Fsp3) is 0.0500. The van der Waals surface area contributed by atoms with Crippen LogP contribution in [-0.4, -0.2) is 21.6 Å². The lowest BCUT2D eigenvalue weighted by Gasteiger charge is -2.12. The van der Waals surface area contributed by atoms with Gasteiger partial charge < -0.3 is 15.4 Å². The average Bonchev–Trinajstić information content (AvgIpc) is 2.69. The third-order valence-corrected chi connectivity index (χ3v) is 5.19. The summed E-state index contributed by atoms with van der Waals surface area (Å²) in [5.41, 5.74) is 1.46. The molecule has 3 aromatic rings. The van der Waals surface area contributed by atoms with Crippen molar-refractivity contribution in [3.05, 3.63) is 78.9 Å². The van der Waals surface area contributed by atoms with E-state index in [1.165, 1.54) is 31.4 Å². The van der Waals surface area contributed by atoms with Crippen LogP contribution in [0.4, 0.5) is 21.9 Å². The van der Waals surface area contributed by atoms with Gasteiger partial charge in [-0.05, 0) is 48.5 Å². The number of hydrogen-bond donors (Lipinski definition) is 3. The Labute approximate surface area is 163 Å². The van der Waals surface area contributed by atoms with E-state index in [4.69, 9.17) is 4.74 Å². The van der Waals surface area contributed by atoms with Crippen LogP contribution in [0.25, 0.3) is 0 Å². The summed E-state index contributed by atoms with van der Waals surface area (Å²) in [5.74, 6) is 0.418. The molecule has 0 aliphatic heterocycles. The van der Waals surface area contributed by atoms with E-state index in [-0.39, 0.29) is 4.90 Å². The van der Waals surface area contributed by atoms with Gasteiger partial charge in [-0.15, -0.1) is 0 Å². The van der Waals surface area contributed by atoms with E-state index >= 15 is 0 Å². The summed E-state index contributed by atoms with van der Waals surface area (Å²) in [6.07, 6.45) is 0. The van der Waals surface area contributed by atoms with Crippen molar-refractivity contribution in [1.82, 2.24) is 0 Å². The van der Waals surface area contributed by atoms with E-state index in [0.717, 1.165) is 0 Å². The highest BCUT2D eigenvalue weighted by molar-refractivity contribution is 7.92. The summed E-state index contributed by atoms with van der Waals surface area (Å²) in [6, 6.07) is 21.2. The molecule has 0 saturated carbocycles. The maximum Gasteiger partial charge on any atom is 0.323 e. The first-order valence-electron chi connectivity index (χ1n) is 8.37. The summed E-state index contributed by atoms with van der Waals surface area (Å²) in [6.45, 7) is 0. The predicted octanol–water partition coefficient (Wildman–Crippen LogP) is 4.14. The molecule has 144 valence electrons. The molecule has 0 fully saturated rings. The number of para-hydroxylation sites is 3. The fourth-order valence-corrected chi connectivity index (χ4v) is 3.54. The Morgan fingerprint density at radius 1 is 0.786 bits per heavy atom. The van der Waals surface area contributed by atoms with Gasteiger partial charge in [0.25, 0.3) is 10.0 Å². The van der Waals surface area contributed by atoms with Gasteiger partial charge in [0.2, 0.25) is 0 Å². The van der Waals surface area contributed by atoms with Crippen molar-refractivity contribution in [2.75, 3.05) is 22.5 Å². The Bertz CT molecular complexity index is 1050. The quantitative estimate of drug-likeness (QED) is 0.582. The summed E-state index contributed by atoms with van der Waals surface area (Å²) in [5, 5.41) is 5.34. The van der Waals surface area contributed by atoms with E-state index in [2.05, 4.69) is 15.4 Å². The highest BCUT2D eigenvalue weighted by Crippen LogP contribution is 2.26. The second-order valence-electron chi connectivity index (χ2n) is 5.78. The van der Waals surface area contributed by atoms with Gasteiger partial charge in [0.1, 0.15) is 5.75 Å². The Hall–Kier alpha value is -3.52. The number of carbonyl (C=O) groups is 1. The van der Waals surface area contributed by atoms with Crippen LogP contribution < -0.4 is 20.1 Å². The second kappa shape index (κ2) is 8.45. The number of nitrogens with one attached hydrogen (secondary N) is 3. The van der Waals surface area contributed by atoms with Crippen LogP contribution in [-0.2, 0) is 10.0 Å². The highest BCUT2D eigenvalue weighted by atomic mass is 32.2. The molecule has 0 heterocycles. The topological polar surface area (TPSA) is 96.5 Å². The molecule has 0 aromatic heterocycles. The number of ether oxygens (including phenoxy) is 1. The summed E-state index contributed by atoms with van der Waals surface area (Å²) in [4.78, 5) is 12.1. The summed E-state index contributed by atoms with van der Waals surface area (Å²) < 4.78 is 32.8. The number of hydrogen-bond acceptors (Lipinski definition) is 4. The van der Waals surface area contributed by atoms with Crippen molar-refractivity contribution in [1.29, 1.82) is 0 Å². The van der Waals surface area contributed by atoms with Crippen LogP contribution in [0, 0.1) is 0 Å². The minimum atomic E-state index is -3.80. The lowest BCUT2D eigenvalue weighted by molar-refractivity contribution is 0.262. The number of methoxy groups -OCH3 is 1. The molecule has 0 bridgehead atoms. The molecule has 3 rings (SSSR count). The first kappa shape index (κ1) is 19.2. The molecule has 2 amide bonds. The van der Waals surface area contributed by atoms with Crippen LogP contribution in [0.1, 0.15) is 0 Å². The molecule has 3 aromatic carbocycles. The van der Waals surface area contributed by atoms with Crippen molar-refractivity contribution < 1.29 is 17.9 Å². The number of sulfonamides is 1. The van der Waals surface area contributed by atoms with Gasteiger partial charge in [0.05, 0.1) is 17.7 Å². The molecular formula is C20H19N3O4S. The van der Waals surface area contributed by atoms with Gasteiger partial charge in [0, 0.05) is 11.4 Å². The van der Waals surface area contributed by atoms with Gasteiger partial charge in [-0.25, -0.2) is 13.2 Å². The normalized spacial score (nSPS) is 10.8. The first-order chi connectivity index (χ1) is 13.5. The molecule has 0 aliphatic rings. The SMILES string of the molecule is COc1ccccc1NS(=O)(=O)c1ccc(NC(=O)Nc2ccccc2)cc1. The van der Waals surface area contributed by atoms with Crippen molar-refractivity contribution in [3.8, 4) is 5.75 Å². The monoisotopic (exact) mass is 397 g/mol. The van der Waals surface area contributed by atoms with E-state index in [1.54, 1.807) is 36.4 Å². The predicted molar refractivity (Wildman–Crippen MR) is 109 cm³/mol. The van der Waals surface area contributed by atoms with Crippen molar-refractivity contribution in [3.63, 3.8) is 0 Å². The first-order valence-corrected chi connectivity index (χ1v) is 9.85. The zero-order chi connectivity index (χ0) is 20.0. The smallest absolute Gasteiger partial charge is 0.323 e. The number of rotatable bonds is 6. The van der Waals surface area contributed by atoms with Gasteiger partial charge in [-0.3, -0.25) is 4.72 Å². The Morgan fingerprint density at radius 3 is 2.00 bits per heavy atom. The molecule has 3 N–H and O–H groups in total. The number of benzene rings is 3. The molecule has 0 atom stereocenters. The third-order valence-electron chi connectivity index (χ3n) is 3.81. The average molecular weight is 397 g/mol. The van der Waals surface area contributed by atoms with Crippen molar-refractivity contribution in [2.24, 2.45) is 0 Å². The Kier molecular flexibility index (Phi) is 5.81. The molecule has 0 unspecified atom stereocenters. The van der Waals surface area contributed by atoms with E-state index in [1.807, 2.05) is 18.2 Å². The largest absolute Gasteiger partial charge is 0.495 e. The lowest BCUT2D eigenvalue weighted by atomic mass is 10.3. The van der Waals surface area contributed by atoms with Gasteiger partial charge >= 0.3 is 6.03 Å². The minimum absolute atomic E-state index is 0.0624. The van der Waals surface area contributed by atoms with Gasteiger partial charge in [-0.2, -0.15) is 0 Å². The second-order valence-corrected chi connectivity index (χ2v) is 7.46. The molecule has 0 radical (unpaired) electrons. The molecule has 8 heteroatoms. The zero-order valence-corrected chi connectivity index (χ0v) is 15.9.